The highest BCUT2D eigenvalue weighted by Gasteiger charge is 1.88. The standard InChI is InChI=1S/C6H9N3.3ClH/c7-4-5-2-1-3-6(8)9-5;;;/h1-3H,4,7H2,(H2,8,9);3*1H. The predicted octanol–water partition coefficient (Wildman–Crippen LogP) is 1.39. The number of pyridine rings is 1. The van der Waals surface area contributed by atoms with E-state index in [2.05, 4.69) is 4.98 Å². The molecule has 1 rings (SSSR count). The molecule has 0 unspecified atom stereocenters. The summed E-state index contributed by atoms with van der Waals surface area (Å²) < 4.78 is 0. The third-order valence-electron chi connectivity index (χ3n) is 1.04. The van der Waals surface area contributed by atoms with Crippen LogP contribution in [0.3, 0.4) is 0 Å². The molecule has 0 amide bonds. The molecule has 1 aromatic rings. The lowest BCUT2D eigenvalue weighted by Crippen LogP contribution is -2.00. The average molecular weight is 233 g/mol. The van der Waals surface area contributed by atoms with Gasteiger partial charge in [0.1, 0.15) is 5.82 Å². The fourth-order valence-corrected chi connectivity index (χ4v) is 0.612. The Labute approximate surface area is 90.2 Å². The van der Waals surface area contributed by atoms with Crippen LogP contribution in [0.4, 0.5) is 5.82 Å². The number of nitrogens with zero attached hydrogens (tertiary/aromatic N) is 1. The Morgan fingerprint density at radius 2 is 1.75 bits per heavy atom. The van der Waals surface area contributed by atoms with E-state index in [-0.39, 0.29) is 37.2 Å². The molecule has 1 heterocycles. The fourth-order valence-electron chi connectivity index (χ4n) is 0.612. The topological polar surface area (TPSA) is 64.9 Å². The average Bonchev–Trinajstić information content (AvgIpc) is 1.88. The summed E-state index contributed by atoms with van der Waals surface area (Å²) in [5.41, 5.74) is 11.5. The molecule has 0 fully saturated rings. The summed E-state index contributed by atoms with van der Waals surface area (Å²) in [6.07, 6.45) is 0. The van der Waals surface area contributed by atoms with E-state index >= 15 is 0 Å². The van der Waals surface area contributed by atoms with Crippen molar-refractivity contribution >= 4 is 43.0 Å². The zero-order valence-corrected chi connectivity index (χ0v) is 8.72. The van der Waals surface area contributed by atoms with E-state index < -0.39 is 0 Å². The van der Waals surface area contributed by atoms with Crippen LogP contribution < -0.4 is 11.5 Å². The van der Waals surface area contributed by atoms with Gasteiger partial charge in [0.15, 0.2) is 0 Å². The molecule has 72 valence electrons. The Balaban J connectivity index is -0.000000270. The molecule has 12 heavy (non-hydrogen) atoms. The zero-order chi connectivity index (χ0) is 6.69. The lowest BCUT2D eigenvalue weighted by Gasteiger charge is -1.94. The maximum atomic E-state index is 5.37. The van der Waals surface area contributed by atoms with Crippen molar-refractivity contribution in [3.63, 3.8) is 0 Å². The van der Waals surface area contributed by atoms with Crippen molar-refractivity contribution in [1.29, 1.82) is 0 Å². The molecule has 0 saturated carbocycles. The van der Waals surface area contributed by atoms with Crippen LogP contribution >= 0.6 is 37.2 Å². The summed E-state index contributed by atoms with van der Waals surface area (Å²) in [7, 11) is 0. The Hall–Kier alpha value is -0.220. The summed E-state index contributed by atoms with van der Waals surface area (Å²) in [6, 6.07) is 5.42. The van der Waals surface area contributed by atoms with Gasteiger partial charge in [-0.15, -0.1) is 37.2 Å². The van der Waals surface area contributed by atoms with Gasteiger partial charge in [0.25, 0.3) is 0 Å². The smallest absolute Gasteiger partial charge is 0.123 e. The number of nitrogen functional groups attached to an aromatic ring is 1. The van der Waals surface area contributed by atoms with Crippen molar-refractivity contribution in [2.45, 2.75) is 6.54 Å². The van der Waals surface area contributed by atoms with Gasteiger partial charge in [0, 0.05) is 6.54 Å². The Kier molecular flexibility index (Phi) is 13.1. The van der Waals surface area contributed by atoms with Gasteiger partial charge in [-0.3, -0.25) is 0 Å². The molecule has 0 aliphatic carbocycles. The SMILES string of the molecule is Cl.Cl.Cl.NCc1cccc(N)n1. The molecular weight excluding hydrogens is 220 g/mol. The molecule has 0 aromatic carbocycles. The van der Waals surface area contributed by atoms with E-state index in [4.69, 9.17) is 11.5 Å². The molecule has 0 aliphatic heterocycles. The molecule has 0 atom stereocenters. The lowest BCUT2D eigenvalue weighted by atomic mass is 10.3. The largest absolute Gasteiger partial charge is 0.384 e. The van der Waals surface area contributed by atoms with E-state index in [0.717, 1.165) is 5.69 Å². The lowest BCUT2D eigenvalue weighted by molar-refractivity contribution is 0.995. The van der Waals surface area contributed by atoms with Crippen LogP contribution in [0.2, 0.25) is 0 Å². The zero-order valence-electron chi connectivity index (χ0n) is 6.27. The van der Waals surface area contributed by atoms with Gasteiger partial charge in [-0.25, -0.2) is 4.98 Å². The molecule has 0 bridgehead atoms. The first kappa shape index (κ1) is 17.8. The van der Waals surface area contributed by atoms with E-state index in [1.54, 1.807) is 6.07 Å². The molecule has 0 saturated heterocycles. The number of rotatable bonds is 1. The second-order valence-corrected chi connectivity index (χ2v) is 1.76. The van der Waals surface area contributed by atoms with Crippen molar-refractivity contribution < 1.29 is 0 Å². The van der Waals surface area contributed by atoms with Crippen LogP contribution in [0.1, 0.15) is 5.69 Å². The molecule has 0 aliphatic rings. The van der Waals surface area contributed by atoms with Gasteiger partial charge in [-0.2, -0.15) is 0 Å². The second-order valence-electron chi connectivity index (χ2n) is 1.76. The van der Waals surface area contributed by atoms with Crippen molar-refractivity contribution in [2.24, 2.45) is 5.73 Å². The minimum atomic E-state index is 0. The maximum absolute atomic E-state index is 5.37. The Bertz CT molecular complexity index is 207. The monoisotopic (exact) mass is 231 g/mol. The molecule has 0 radical (unpaired) electrons. The third-order valence-corrected chi connectivity index (χ3v) is 1.04. The summed E-state index contributed by atoms with van der Waals surface area (Å²) >= 11 is 0. The van der Waals surface area contributed by atoms with Gasteiger partial charge >= 0.3 is 0 Å². The molecule has 4 N–H and O–H groups in total. The molecule has 1 aromatic heterocycles. The number of halogens is 3. The van der Waals surface area contributed by atoms with Crippen LogP contribution in [0, 0.1) is 0 Å². The fraction of sp³-hybridized carbons (Fsp3) is 0.167. The summed E-state index contributed by atoms with van der Waals surface area (Å²) in [5.74, 6) is 0.526. The number of hydrogen-bond acceptors (Lipinski definition) is 3. The summed E-state index contributed by atoms with van der Waals surface area (Å²) in [6.45, 7) is 0.449. The van der Waals surface area contributed by atoms with Crippen molar-refractivity contribution in [3.05, 3.63) is 23.9 Å². The van der Waals surface area contributed by atoms with Crippen molar-refractivity contribution in [3.8, 4) is 0 Å². The minimum Gasteiger partial charge on any atom is -0.384 e. The Morgan fingerprint density at radius 1 is 1.17 bits per heavy atom. The molecule has 3 nitrogen and oxygen atoms in total. The van der Waals surface area contributed by atoms with Crippen LogP contribution in [0.25, 0.3) is 0 Å². The Morgan fingerprint density at radius 3 is 2.08 bits per heavy atom. The highest BCUT2D eigenvalue weighted by atomic mass is 35.5. The summed E-state index contributed by atoms with van der Waals surface area (Å²) in [4.78, 5) is 3.94. The van der Waals surface area contributed by atoms with Crippen LogP contribution in [-0.2, 0) is 6.54 Å². The number of anilines is 1. The van der Waals surface area contributed by atoms with E-state index in [1.807, 2.05) is 12.1 Å². The van der Waals surface area contributed by atoms with Crippen LogP contribution in [0.15, 0.2) is 18.2 Å². The predicted molar refractivity (Wildman–Crippen MR) is 58.3 cm³/mol. The minimum absolute atomic E-state index is 0. The van der Waals surface area contributed by atoms with Gasteiger partial charge in [0.2, 0.25) is 0 Å². The molecule has 6 heteroatoms. The number of hydrogen-bond donors (Lipinski definition) is 2. The number of nitrogens with two attached hydrogens (primary N) is 2. The summed E-state index contributed by atoms with van der Waals surface area (Å²) in [5, 5.41) is 0. The van der Waals surface area contributed by atoms with Crippen molar-refractivity contribution in [2.75, 3.05) is 5.73 Å². The third kappa shape index (κ3) is 5.43. The quantitative estimate of drug-likeness (QED) is 0.769. The van der Waals surface area contributed by atoms with Gasteiger partial charge in [-0.1, -0.05) is 6.07 Å². The van der Waals surface area contributed by atoms with E-state index in [0.29, 0.717) is 12.4 Å². The van der Waals surface area contributed by atoms with E-state index in [1.165, 1.54) is 0 Å². The maximum Gasteiger partial charge on any atom is 0.123 e. The highest BCUT2D eigenvalue weighted by molar-refractivity contribution is 5.86. The van der Waals surface area contributed by atoms with Crippen LogP contribution in [-0.4, -0.2) is 4.98 Å². The number of aromatic nitrogens is 1. The normalized spacial score (nSPS) is 7.08. The molecule has 0 spiro atoms. The van der Waals surface area contributed by atoms with Gasteiger partial charge in [-0.05, 0) is 12.1 Å². The van der Waals surface area contributed by atoms with Crippen LogP contribution in [0.5, 0.6) is 0 Å². The van der Waals surface area contributed by atoms with E-state index in [9.17, 15) is 0 Å². The van der Waals surface area contributed by atoms with Crippen molar-refractivity contribution in [1.82, 2.24) is 4.98 Å². The highest BCUT2D eigenvalue weighted by Crippen LogP contribution is 1.97. The first-order chi connectivity index (χ1) is 4.33. The second kappa shape index (κ2) is 8.87. The molecular formula is C6H12Cl3N3. The van der Waals surface area contributed by atoms with Gasteiger partial charge in [0.05, 0.1) is 5.69 Å². The first-order valence-electron chi connectivity index (χ1n) is 2.74. The first-order valence-corrected chi connectivity index (χ1v) is 2.74. The van der Waals surface area contributed by atoms with Gasteiger partial charge < -0.3 is 11.5 Å².